The molecule has 104 valence electrons. The average Bonchev–Trinajstić information content (AvgIpc) is 2.81. The molecule has 0 unspecified atom stereocenters. The van der Waals surface area contributed by atoms with Gasteiger partial charge in [0.2, 0.25) is 5.69 Å². The zero-order chi connectivity index (χ0) is 14.7. The van der Waals surface area contributed by atoms with E-state index in [4.69, 9.17) is 10.5 Å². The van der Waals surface area contributed by atoms with Gasteiger partial charge in [-0.3, -0.25) is 9.59 Å². The SMILES string of the molecule is CCOC(=O)c1ccc(-n2[nH]nc(C(N)=O)c2=O)cc1.[Na+]. The third kappa shape index (κ3) is 3.60. The molecule has 21 heavy (non-hydrogen) atoms. The van der Waals surface area contributed by atoms with Gasteiger partial charge >= 0.3 is 41.1 Å². The van der Waals surface area contributed by atoms with Gasteiger partial charge in [-0.2, -0.15) is 0 Å². The van der Waals surface area contributed by atoms with Gasteiger partial charge in [-0.15, -0.1) is 5.10 Å². The number of rotatable bonds is 4. The number of nitrogens with two attached hydrogens (primary N) is 1. The minimum absolute atomic E-state index is 0. The summed E-state index contributed by atoms with van der Waals surface area (Å²) in [6.07, 6.45) is 0. The Hall–Kier alpha value is -1.90. The van der Waals surface area contributed by atoms with Crippen LogP contribution >= 0.6 is 0 Å². The molecular formula is C12H12N4NaO4+. The Morgan fingerprint density at radius 3 is 2.43 bits per heavy atom. The number of hydrogen-bond acceptors (Lipinski definition) is 5. The van der Waals surface area contributed by atoms with E-state index in [1.165, 1.54) is 24.3 Å². The molecule has 0 saturated heterocycles. The Balaban J connectivity index is 0.00000220. The van der Waals surface area contributed by atoms with Crippen molar-refractivity contribution in [1.82, 2.24) is 15.0 Å². The number of aromatic amines is 1. The predicted octanol–water partition coefficient (Wildman–Crippen LogP) is -3.16. The third-order valence-electron chi connectivity index (χ3n) is 2.54. The first-order valence-electron chi connectivity index (χ1n) is 5.79. The normalized spacial score (nSPS) is 9.76. The van der Waals surface area contributed by atoms with Gasteiger partial charge in [-0.1, -0.05) is 0 Å². The Bertz CT molecular complexity index is 705. The first-order chi connectivity index (χ1) is 9.54. The van der Waals surface area contributed by atoms with Crippen molar-refractivity contribution < 1.29 is 43.9 Å². The number of primary amides is 1. The van der Waals surface area contributed by atoms with Crippen molar-refractivity contribution in [3.8, 4) is 5.69 Å². The minimum atomic E-state index is -0.909. The van der Waals surface area contributed by atoms with Crippen LogP contribution in [0.2, 0.25) is 0 Å². The topological polar surface area (TPSA) is 120 Å². The number of hydrogen-bond donors (Lipinski definition) is 2. The zero-order valence-electron chi connectivity index (χ0n) is 11.6. The van der Waals surface area contributed by atoms with Crippen molar-refractivity contribution in [2.45, 2.75) is 6.92 Å². The van der Waals surface area contributed by atoms with E-state index in [0.29, 0.717) is 11.3 Å². The summed E-state index contributed by atoms with van der Waals surface area (Å²) in [5, 5.41) is 5.92. The Morgan fingerprint density at radius 2 is 1.95 bits per heavy atom. The van der Waals surface area contributed by atoms with Crippen LogP contribution in [-0.4, -0.2) is 33.5 Å². The summed E-state index contributed by atoms with van der Waals surface area (Å²) in [6.45, 7) is 1.99. The number of aromatic nitrogens is 3. The summed E-state index contributed by atoms with van der Waals surface area (Å²) in [6, 6.07) is 6.06. The largest absolute Gasteiger partial charge is 1.00 e. The molecule has 0 aliphatic rings. The van der Waals surface area contributed by atoms with Crippen molar-refractivity contribution in [2.24, 2.45) is 5.73 Å². The smallest absolute Gasteiger partial charge is 0.462 e. The van der Waals surface area contributed by atoms with E-state index in [1.807, 2.05) is 0 Å². The van der Waals surface area contributed by atoms with E-state index in [0.717, 1.165) is 4.68 Å². The zero-order valence-corrected chi connectivity index (χ0v) is 13.6. The van der Waals surface area contributed by atoms with E-state index in [1.54, 1.807) is 6.92 Å². The fraction of sp³-hybridized carbons (Fsp3) is 0.167. The molecule has 0 radical (unpaired) electrons. The monoisotopic (exact) mass is 299 g/mol. The molecule has 0 aliphatic heterocycles. The van der Waals surface area contributed by atoms with Crippen LogP contribution in [0.25, 0.3) is 5.69 Å². The Kier molecular flexibility index (Phi) is 5.89. The van der Waals surface area contributed by atoms with Crippen LogP contribution in [0.5, 0.6) is 0 Å². The van der Waals surface area contributed by atoms with Gasteiger partial charge in [-0.25, -0.2) is 14.7 Å². The molecule has 0 atom stereocenters. The summed E-state index contributed by atoms with van der Waals surface area (Å²) < 4.78 is 5.89. The van der Waals surface area contributed by atoms with Crippen molar-refractivity contribution in [2.75, 3.05) is 6.61 Å². The Labute approximate surface area is 141 Å². The van der Waals surface area contributed by atoms with Gasteiger partial charge in [0.05, 0.1) is 17.9 Å². The third-order valence-corrected chi connectivity index (χ3v) is 2.54. The Morgan fingerprint density at radius 1 is 1.33 bits per heavy atom. The van der Waals surface area contributed by atoms with Gasteiger partial charge in [0.25, 0.3) is 5.91 Å². The predicted molar refractivity (Wildman–Crippen MR) is 68.7 cm³/mol. The van der Waals surface area contributed by atoms with E-state index in [-0.39, 0.29) is 41.9 Å². The number of nitrogens with one attached hydrogen (secondary N) is 1. The van der Waals surface area contributed by atoms with E-state index < -0.39 is 17.4 Å². The summed E-state index contributed by atoms with van der Waals surface area (Å²) in [5.74, 6) is -1.36. The van der Waals surface area contributed by atoms with Crippen LogP contribution < -0.4 is 40.9 Å². The number of carbonyl (C=O) groups is 2. The van der Waals surface area contributed by atoms with Crippen LogP contribution in [0.1, 0.15) is 27.8 Å². The second-order valence-electron chi connectivity index (χ2n) is 3.83. The van der Waals surface area contributed by atoms with E-state index in [2.05, 4.69) is 10.3 Å². The van der Waals surface area contributed by atoms with E-state index >= 15 is 0 Å². The molecule has 8 nitrogen and oxygen atoms in total. The molecule has 1 heterocycles. The number of benzene rings is 1. The molecule has 1 amide bonds. The molecule has 2 aromatic rings. The fourth-order valence-electron chi connectivity index (χ4n) is 1.60. The summed E-state index contributed by atoms with van der Waals surface area (Å²) in [5.41, 5.74) is 4.76. The van der Waals surface area contributed by atoms with Gasteiger partial charge < -0.3 is 10.5 Å². The van der Waals surface area contributed by atoms with Gasteiger partial charge in [0.15, 0.2) is 0 Å². The molecular weight excluding hydrogens is 287 g/mol. The number of nitrogens with zero attached hydrogens (tertiary/aromatic N) is 2. The molecule has 0 saturated carbocycles. The molecule has 1 aromatic carbocycles. The molecule has 0 aliphatic carbocycles. The molecule has 0 fully saturated rings. The quantitative estimate of drug-likeness (QED) is 0.456. The number of esters is 1. The van der Waals surface area contributed by atoms with Crippen LogP contribution in [0.15, 0.2) is 29.1 Å². The maximum atomic E-state index is 11.8. The molecule has 1 aromatic heterocycles. The first kappa shape index (κ1) is 17.2. The van der Waals surface area contributed by atoms with Crippen LogP contribution in [0, 0.1) is 0 Å². The minimum Gasteiger partial charge on any atom is -0.462 e. The second-order valence-corrected chi connectivity index (χ2v) is 3.83. The van der Waals surface area contributed by atoms with Gasteiger partial charge in [-0.05, 0) is 31.2 Å². The second kappa shape index (κ2) is 7.21. The molecule has 9 heteroatoms. The molecule has 2 rings (SSSR count). The van der Waals surface area contributed by atoms with Gasteiger partial charge in [0.1, 0.15) is 0 Å². The van der Waals surface area contributed by atoms with Crippen molar-refractivity contribution >= 4 is 11.9 Å². The maximum Gasteiger partial charge on any atom is 1.00 e. The summed E-state index contributed by atoms with van der Waals surface area (Å²) >= 11 is 0. The summed E-state index contributed by atoms with van der Waals surface area (Å²) in [7, 11) is 0. The average molecular weight is 299 g/mol. The number of H-pyrrole nitrogens is 1. The standard InChI is InChI=1S/C12H12N4O4.Na/c1-2-20-12(19)7-3-5-8(6-4-7)16-11(18)9(10(13)17)14-15-16;/h3-6,15H,2H2,1H3,(H2,13,17);/q;+1. The number of ether oxygens (including phenoxy) is 1. The molecule has 0 bridgehead atoms. The van der Waals surface area contributed by atoms with Crippen LogP contribution in [-0.2, 0) is 4.74 Å². The first-order valence-corrected chi connectivity index (χ1v) is 5.79. The van der Waals surface area contributed by atoms with Crippen molar-refractivity contribution in [3.63, 3.8) is 0 Å². The van der Waals surface area contributed by atoms with Crippen molar-refractivity contribution in [1.29, 1.82) is 0 Å². The van der Waals surface area contributed by atoms with Crippen LogP contribution in [0.3, 0.4) is 0 Å². The number of carbonyl (C=O) groups excluding carboxylic acids is 2. The summed E-state index contributed by atoms with van der Waals surface area (Å²) in [4.78, 5) is 34.2. The number of amides is 1. The van der Waals surface area contributed by atoms with E-state index in [9.17, 15) is 14.4 Å². The van der Waals surface area contributed by atoms with Crippen LogP contribution in [0.4, 0.5) is 0 Å². The fourth-order valence-corrected chi connectivity index (χ4v) is 1.60. The van der Waals surface area contributed by atoms with Crippen molar-refractivity contribution in [3.05, 3.63) is 45.9 Å². The maximum absolute atomic E-state index is 11.8. The molecule has 3 N–H and O–H groups in total. The molecule has 0 spiro atoms. The van der Waals surface area contributed by atoms with Gasteiger partial charge in [0, 0.05) is 0 Å².